The largest absolute Gasteiger partial charge is 0.383 e. The van der Waals surface area contributed by atoms with Crippen molar-refractivity contribution in [1.82, 2.24) is 25.4 Å². The topological polar surface area (TPSA) is 81.1 Å². The Kier molecular flexibility index (Phi) is 5.24. The summed E-state index contributed by atoms with van der Waals surface area (Å²) < 4.78 is 6.61. The number of carbonyl (C=O) groups excluding carboxylic acids is 1. The van der Waals surface area contributed by atoms with E-state index in [1.54, 1.807) is 24.1 Å². The fourth-order valence-corrected chi connectivity index (χ4v) is 2.09. The lowest BCUT2D eigenvalue weighted by atomic mass is 10.1. The van der Waals surface area contributed by atoms with Gasteiger partial charge in [0.05, 0.1) is 23.8 Å². The average molecular weight is 291 g/mol. The molecule has 0 fully saturated rings. The summed E-state index contributed by atoms with van der Waals surface area (Å²) in [5.74, 6) is -0.105. The lowest BCUT2D eigenvalue weighted by Gasteiger charge is -2.08. The van der Waals surface area contributed by atoms with Crippen molar-refractivity contribution >= 4 is 16.9 Å². The second kappa shape index (κ2) is 7.14. The number of aromatic nitrogens is 3. The Balaban J connectivity index is 1.99. The highest BCUT2D eigenvalue weighted by Gasteiger charge is 2.14. The Morgan fingerprint density at radius 1 is 1.38 bits per heavy atom. The summed E-state index contributed by atoms with van der Waals surface area (Å²) in [6.07, 6.45) is 1.67. The van der Waals surface area contributed by atoms with E-state index in [4.69, 9.17) is 4.74 Å². The molecule has 0 aromatic carbocycles. The Bertz CT molecular complexity index is 623. The molecule has 7 heteroatoms. The highest BCUT2D eigenvalue weighted by atomic mass is 16.5. The third-order valence-electron chi connectivity index (χ3n) is 3.15. The molecule has 0 spiro atoms. The number of carbonyl (C=O) groups is 1. The normalized spacial score (nSPS) is 11.0. The molecule has 1 amide bonds. The Morgan fingerprint density at radius 3 is 2.95 bits per heavy atom. The van der Waals surface area contributed by atoms with Gasteiger partial charge in [-0.3, -0.25) is 9.48 Å². The molecule has 114 valence electrons. The first kappa shape index (κ1) is 15.4. The van der Waals surface area contributed by atoms with Gasteiger partial charge in [0.25, 0.3) is 5.91 Å². The van der Waals surface area contributed by atoms with Crippen molar-refractivity contribution < 1.29 is 9.53 Å². The fourth-order valence-electron chi connectivity index (χ4n) is 2.09. The van der Waals surface area contributed by atoms with Gasteiger partial charge >= 0.3 is 0 Å². The molecule has 0 aliphatic rings. The van der Waals surface area contributed by atoms with E-state index in [0.29, 0.717) is 25.3 Å². The van der Waals surface area contributed by atoms with E-state index in [1.807, 2.05) is 14.0 Å². The first-order valence-electron chi connectivity index (χ1n) is 6.90. The Morgan fingerprint density at radius 2 is 2.19 bits per heavy atom. The molecule has 0 aliphatic carbocycles. The van der Waals surface area contributed by atoms with Crippen LogP contribution in [0.2, 0.25) is 0 Å². The first-order valence-corrected chi connectivity index (χ1v) is 6.90. The van der Waals surface area contributed by atoms with Crippen molar-refractivity contribution in [2.45, 2.75) is 6.92 Å². The van der Waals surface area contributed by atoms with E-state index in [0.717, 1.165) is 23.3 Å². The molecule has 0 saturated heterocycles. The van der Waals surface area contributed by atoms with Crippen LogP contribution < -0.4 is 10.6 Å². The number of pyridine rings is 1. The number of nitrogens with one attached hydrogen (secondary N) is 2. The molecule has 7 nitrogen and oxygen atoms in total. The van der Waals surface area contributed by atoms with Gasteiger partial charge in [-0.15, -0.1) is 0 Å². The highest BCUT2D eigenvalue weighted by molar-refractivity contribution is 6.05. The van der Waals surface area contributed by atoms with Gasteiger partial charge in [0, 0.05) is 39.5 Å². The lowest BCUT2D eigenvalue weighted by molar-refractivity contribution is 0.0955. The van der Waals surface area contributed by atoms with Crippen molar-refractivity contribution in [1.29, 1.82) is 0 Å². The quantitative estimate of drug-likeness (QED) is 0.714. The molecule has 0 bridgehead atoms. The predicted molar refractivity (Wildman–Crippen MR) is 80.3 cm³/mol. The minimum absolute atomic E-state index is 0.105. The zero-order valence-electron chi connectivity index (χ0n) is 12.6. The van der Waals surface area contributed by atoms with E-state index in [9.17, 15) is 4.79 Å². The van der Waals surface area contributed by atoms with Crippen LogP contribution in [0.15, 0.2) is 12.3 Å². The zero-order chi connectivity index (χ0) is 15.2. The zero-order valence-corrected chi connectivity index (χ0v) is 12.6. The molecule has 2 rings (SSSR count). The summed E-state index contributed by atoms with van der Waals surface area (Å²) in [6.45, 7) is 4.57. The van der Waals surface area contributed by atoms with Crippen molar-refractivity contribution in [3.8, 4) is 0 Å². The van der Waals surface area contributed by atoms with E-state index >= 15 is 0 Å². The van der Waals surface area contributed by atoms with E-state index in [-0.39, 0.29) is 5.91 Å². The third kappa shape index (κ3) is 3.77. The summed E-state index contributed by atoms with van der Waals surface area (Å²) in [6, 6.07) is 1.79. The fraction of sp³-hybridized carbons (Fsp3) is 0.500. The maximum absolute atomic E-state index is 12.3. The van der Waals surface area contributed by atoms with Crippen molar-refractivity contribution in [3.63, 3.8) is 0 Å². The molecule has 0 unspecified atom stereocenters. The number of hydrogen-bond donors (Lipinski definition) is 2. The molecular weight excluding hydrogens is 270 g/mol. The standard InChI is InChI=1S/C14H21N5O2/c1-10-8-11(12-9-17-19(2)13(12)18-10)14(20)16-5-4-15-6-7-21-3/h8-9,15H,4-7H2,1-3H3,(H,16,20). The van der Waals surface area contributed by atoms with Crippen molar-refractivity contribution in [2.24, 2.45) is 7.05 Å². The van der Waals surface area contributed by atoms with Gasteiger partial charge in [-0.05, 0) is 13.0 Å². The van der Waals surface area contributed by atoms with Crippen LogP contribution in [0.5, 0.6) is 0 Å². The SMILES string of the molecule is COCCNCCNC(=O)c1cc(C)nc2c1cnn2C. The van der Waals surface area contributed by atoms with E-state index < -0.39 is 0 Å². The monoisotopic (exact) mass is 291 g/mol. The summed E-state index contributed by atoms with van der Waals surface area (Å²) in [5.41, 5.74) is 2.13. The van der Waals surface area contributed by atoms with Crippen LogP contribution in [0, 0.1) is 6.92 Å². The van der Waals surface area contributed by atoms with Gasteiger partial charge in [0.1, 0.15) is 0 Å². The molecule has 0 saturated carbocycles. The van der Waals surface area contributed by atoms with Crippen LogP contribution in [0.25, 0.3) is 11.0 Å². The number of fused-ring (bicyclic) bond motifs is 1. The molecule has 2 heterocycles. The summed E-state index contributed by atoms with van der Waals surface area (Å²) in [5, 5.41) is 11.0. The number of aryl methyl sites for hydroxylation is 2. The van der Waals surface area contributed by atoms with Crippen molar-refractivity contribution in [2.75, 3.05) is 33.4 Å². The van der Waals surface area contributed by atoms with Crippen LogP contribution >= 0.6 is 0 Å². The first-order chi connectivity index (χ1) is 10.1. The molecule has 0 radical (unpaired) electrons. The maximum Gasteiger partial charge on any atom is 0.252 e. The van der Waals surface area contributed by atoms with Crippen molar-refractivity contribution in [3.05, 3.63) is 23.5 Å². The second-order valence-corrected chi connectivity index (χ2v) is 4.82. The predicted octanol–water partition coefficient (Wildman–Crippen LogP) is 0.243. The number of hydrogen-bond acceptors (Lipinski definition) is 5. The maximum atomic E-state index is 12.3. The molecule has 2 aromatic heterocycles. The minimum Gasteiger partial charge on any atom is -0.383 e. The molecule has 2 N–H and O–H groups in total. The van der Waals surface area contributed by atoms with Crippen LogP contribution in [0.4, 0.5) is 0 Å². The summed E-state index contributed by atoms with van der Waals surface area (Å²) in [4.78, 5) is 16.7. The van der Waals surface area contributed by atoms with Gasteiger partial charge in [-0.25, -0.2) is 4.98 Å². The van der Waals surface area contributed by atoms with Crippen LogP contribution in [-0.4, -0.2) is 54.0 Å². The Labute approximate surface area is 123 Å². The van der Waals surface area contributed by atoms with Gasteiger partial charge in [0.2, 0.25) is 0 Å². The highest BCUT2D eigenvalue weighted by Crippen LogP contribution is 2.17. The molecular formula is C14H21N5O2. The van der Waals surface area contributed by atoms with Gasteiger partial charge in [0.15, 0.2) is 5.65 Å². The summed E-state index contributed by atoms with van der Waals surface area (Å²) in [7, 11) is 3.48. The number of nitrogens with zero attached hydrogens (tertiary/aromatic N) is 3. The number of rotatable bonds is 7. The smallest absolute Gasteiger partial charge is 0.252 e. The third-order valence-corrected chi connectivity index (χ3v) is 3.15. The molecule has 0 atom stereocenters. The van der Waals surface area contributed by atoms with E-state index in [1.165, 1.54) is 0 Å². The minimum atomic E-state index is -0.105. The lowest BCUT2D eigenvalue weighted by Crippen LogP contribution is -2.33. The van der Waals surface area contributed by atoms with Gasteiger partial charge < -0.3 is 15.4 Å². The van der Waals surface area contributed by atoms with Crippen LogP contribution in [0.3, 0.4) is 0 Å². The molecule has 0 aliphatic heterocycles. The average Bonchev–Trinajstić information content (AvgIpc) is 2.83. The molecule has 21 heavy (non-hydrogen) atoms. The number of methoxy groups -OCH3 is 1. The van der Waals surface area contributed by atoms with Crippen LogP contribution in [0.1, 0.15) is 16.1 Å². The van der Waals surface area contributed by atoms with Gasteiger partial charge in [-0.2, -0.15) is 5.10 Å². The van der Waals surface area contributed by atoms with E-state index in [2.05, 4.69) is 20.7 Å². The van der Waals surface area contributed by atoms with Crippen LogP contribution in [-0.2, 0) is 11.8 Å². The second-order valence-electron chi connectivity index (χ2n) is 4.82. The van der Waals surface area contributed by atoms with Gasteiger partial charge in [-0.1, -0.05) is 0 Å². The number of ether oxygens (including phenoxy) is 1. The molecule has 2 aromatic rings. The number of amides is 1. The Hall–Kier alpha value is -1.99. The summed E-state index contributed by atoms with van der Waals surface area (Å²) >= 11 is 0.